The molecular weight excluding hydrogens is 351 g/mol. The highest BCUT2D eigenvalue weighted by Gasteiger charge is 2.43. The minimum Gasteiger partial charge on any atom is -0.367 e. The number of likely N-dealkylation sites (tertiary alicyclic amines) is 1. The molecule has 3 aliphatic rings. The van der Waals surface area contributed by atoms with E-state index in [0.29, 0.717) is 23.9 Å². The summed E-state index contributed by atoms with van der Waals surface area (Å²) >= 11 is 0. The quantitative estimate of drug-likeness (QED) is 0.720. The first-order valence-corrected chi connectivity index (χ1v) is 10.6. The zero-order valence-electron chi connectivity index (χ0n) is 16.2. The van der Waals surface area contributed by atoms with Gasteiger partial charge in [-0.3, -0.25) is 4.79 Å². The molecule has 5 rings (SSSR count). The van der Waals surface area contributed by atoms with E-state index in [1.807, 2.05) is 0 Å². The molecule has 0 radical (unpaired) electrons. The summed E-state index contributed by atoms with van der Waals surface area (Å²) < 4.78 is 13.0. The first kappa shape index (κ1) is 17.9. The molecule has 0 aromatic heterocycles. The molecule has 28 heavy (non-hydrogen) atoms. The van der Waals surface area contributed by atoms with E-state index in [0.717, 1.165) is 26.1 Å². The van der Waals surface area contributed by atoms with E-state index >= 15 is 0 Å². The number of para-hydroxylation sites is 1. The standard InChI is InChI=1S/C24H27FN2O/c25-19-10-8-17(9-11-19)23(28)7-3-13-26-15-12-22-21(16-26)20-6-1-4-18-5-2-14-27(22)24(18)20/h1,4,6,8-11,21-22H,2-3,5,7,12-16H2. The van der Waals surface area contributed by atoms with Crippen molar-refractivity contribution in [3.05, 3.63) is 65.0 Å². The van der Waals surface area contributed by atoms with Crippen molar-refractivity contribution in [2.24, 2.45) is 0 Å². The fourth-order valence-electron chi connectivity index (χ4n) is 5.48. The molecule has 2 atom stereocenters. The van der Waals surface area contributed by atoms with Gasteiger partial charge in [0.1, 0.15) is 5.82 Å². The fourth-order valence-corrected chi connectivity index (χ4v) is 5.48. The molecule has 1 fully saturated rings. The topological polar surface area (TPSA) is 23.6 Å². The van der Waals surface area contributed by atoms with Crippen molar-refractivity contribution in [1.29, 1.82) is 0 Å². The van der Waals surface area contributed by atoms with Crippen LogP contribution >= 0.6 is 0 Å². The molecule has 0 N–H and O–H groups in total. The number of carbonyl (C=O) groups excluding carboxylic acids is 1. The summed E-state index contributed by atoms with van der Waals surface area (Å²) in [5.74, 6) is 0.426. The number of carbonyl (C=O) groups is 1. The molecule has 3 nitrogen and oxygen atoms in total. The molecule has 146 valence electrons. The van der Waals surface area contributed by atoms with E-state index in [9.17, 15) is 9.18 Å². The van der Waals surface area contributed by atoms with Gasteiger partial charge in [-0.1, -0.05) is 18.2 Å². The average Bonchev–Trinajstić information content (AvgIpc) is 3.04. The van der Waals surface area contributed by atoms with Crippen molar-refractivity contribution in [1.82, 2.24) is 4.90 Å². The highest BCUT2D eigenvalue weighted by Crippen LogP contribution is 2.48. The zero-order valence-corrected chi connectivity index (χ0v) is 16.2. The van der Waals surface area contributed by atoms with E-state index in [-0.39, 0.29) is 11.6 Å². The van der Waals surface area contributed by atoms with E-state index < -0.39 is 0 Å². The number of rotatable bonds is 5. The van der Waals surface area contributed by atoms with Crippen LogP contribution in [0.1, 0.15) is 53.1 Å². The molecule has 3 heterocycles. The number of benzene rings is 2. The van der Waals surface area contributed by atoms with Crippen molar-refractivity contribution in [3.63, 3.8) is 0 Å². The molecule has 0 aliphatic carbocycles. The third-order valence-corrected chi connectivity index (χ3v) is 6.79. The lowest BCUT2D eigenvalue weighted by Gasteiger charge is -2.40. The third kappa shape index (κ3) is 3.14. The van der Waals surface area contributed by atoms with Crippen molar-refractivity contribution in [2.75, 3.05) is 31.1 Å². The number of hydrogen-bond donors (Lipinski definition) is 0. The lowest BCUT2D eigenvalue weighted by atomic mass is 9.88. The summed E-state index contributed by atoms with van der Waals surface area (Å²) in [6.07, 6.45) is 5.10. The van der Waals surface area contributed by atoms with Gasteiger partial charge in [0.15, 0.2) is 5.78 Å². The van der Waals surface area contributed by atoms with Gasteiger partial charge in [-0.15, -0.1) is 0 Å². The Morgan fingerprint density at radius 1 is 1.11 bits per heavy atom. The Bertz CT molecular complexity index is 879. The summed E-state index contributed by atoms with van der Waals surface area (Å²) in [4.78, 5) is 17.5. The van der Waals surface area contributed by atoms with E-state index in [1.54, 1.807) is 17.7 Å². The first-order chi connectivity index (χ1) is 13.7. The third-order valence-electron chi connectivity index (χ3n) is 6.79. The minimum absolute atomic E-state index is 0.114. The van der Waals surface area contributed by atoms with Crippen LogP contribution in [0.3, 0.4) is 0 Å². The van der Waals surface area contributed by atoms with Crippen LogP contribution in [-0.4, -0.2) is 42.9 Å². The van der Waals surface area contributed by atoms with Crippen molar-refractivity contribution in [3.8, 4) is 0 Å². The minimum atomic E-state index is -0.294. The molecule has 0 amide bonds. The van der Waals surface area contributed by atoms with Crippen LogP contribution in [0.2, 0.25) is 0 Å². The smallest absolute Gasteiger partial charge is 0.162 e. The summed E-state index contributed by atoms with van der Waals surface area (Å²) in [5.41, 5.74) is 5.24. The molecule has 1 saturated heterocycles. The molecule has 2 aromatic rings. The van der Waals surface area contributed by atoms with Gasteiger partial charge in [0.25, 0.3) is 0 Å². The van der Waals surface area contributed by atoms with E-state index in [4.69, 9.17) is 0 Å². The Balaban J connectivity index is 1.20. The second kappa shape index (κ2) is 7.32. The van der Waals surface area contributed by atoms with Gasteiger partial charge in [0.2, 0.25) is 0 Å². The van der Waals surface area contributed by atoms with Crippen LogP contribution < -0.4 is 4.90 Å². The van der Waals surface area contributed by atoms with E-state index in [2.05, 4.69) is 28.0 Å². The van der Waals surface area contributed by atoms with Crippen LogP contribution in [0.5, 0.6) is 0 Å². The van der Waals surface area contributed by atoms with Gasteiger partial charge in [0, 0.05) is 49.3 Å². The summed E-state index contributed by atoms with van der Waals surface area (Å²) in [6.45, 7) is 4.39. The second-order valence-electron chi connectivity index (χ2n) is 8.45. The van der Waals surface area contributed by atoms with Crippen LogP contribution in [0.15, 0.2) is 42.5 Å². The average molecular weight is 378 g/mol. The lowest BCUT2D eigenvalue weighted by molar-refractivity contribution is 0.0971. The van der Waals surface area contributed by atoms with Gasteiger partial charge in [-0.05, 0) is 67.6 Å². The second-order valence-corrected chi connectivity index (χ2v) is 8.45. The van der Waals surface area contributed by atoms with E-state index in [1.165, 1.54) is 49.2 Å². The summed E-state index contributed by atoms with van der Waals surface area (Å²) in [5, 5.41) is 0. The molecule has 4 heteroatoms. The fraction of sp³-hybridized carbons (Fsp3) is 0.458. The Kier molecular flexibility index (Phi) is 4.67. The maximum absolute atomic E-state index is 13.0. The molecule has 0 bridgehead atoms. The van der Waals surface area contributed by atoms with Gasteiger partial charge in [0.05, 0.1) is 0 Å². The molecule has 2 aromatic carbocycles. The van der Waals surface area contributed by atoms with Crippen LogP contribution in [0, 0.1) is 5.82 Å². The molecule has 3 aliphatic heterocycles. The molecule has 2 unspecified atom stereocenters. The maximum Gasteiger partial charge on any atom is 0.162 e. The SMILES string of the molecule is O=C(CCCN1CCC2C(C1)c1cccc3c1N2CCC3)c1ccc(F)cc1. The number of halogens is 1. The Hall–Kier alpha value is -2.20. The molecular formula is C24H27FN2O. The van der Waals surface area contributed by atoms with Crippen molar-refractivity contribution < 1.29 is 9.18 Å². The monoisotopic (exact) mass is 378 g/mol. The van der Waals surface area contributed by atoms with Crippen LogP contribution in [-0.2, 0) is 6.42 Å². The van der Waals surface area contributed by atoms with Gasteiger partial charge < -0.3 is 9.80 Å². The van der Waals surface area contributed by atoms with Crippen molar-refractivity contribution >= 4 is 11.5 Å². The predicted octanol–water partition coefficient (Wildman–Crippen LogP) is 4.41. The Morgan fingerprint density at radius 3 is 2.82 bits per heavy atom. The highest BCUT2D eigenvalue weighted by molar-refractivity contribution is 5.95. The predicted molar refractivity (Wildman–Crippen MR) is 110 cm³/mol. The highest BCUT2D eigenvalue weighted by atomic mass is 19.1. The summed E-state index contributed by atoms with van der Waals surface area (Å²) in [6, 6.07) is 13.4. The number of piperidine rings is 1. The van der Waals surface area contributed by atoms with Crippen LogP contribution in [0.4, 0.5) is 10.1 Å². The van der Waals surface area contributed by atoms with Gasteiger partial charge >= 0.3 is 0 Å². The number of ketones is 1. The van der Waals surface area contributed by atoms with Gasteiger partial charge in [-0.2, -0.15) is 0 Å². The number of aryl methyl sites for hydroxylation is 1. The number of fused-ring (bicyclic) bond motifs is 3. The molecule has 0 spiro atoms. The Morgan fingerprint density at radius 2 is 1.96 bits per heavy atom. The number of hydrogen-bond acceptors (Lipinski definition) is 3. The largest absolute Gasteiger partial charge is 0.367 e. The number of Topliss-reactive ketones (excluding diaryl/α,β-unsaturated/α-hetero) is 1. The zero-order chi connectivity index (χ0) is 19.1. The molecule has 0 saturated carbocycles. The number of nitrogens with zero attached hydrogens (tertiary/aromatic N) is 2. The first-order valence-electron chi connectivity index (χ1n) is 10.6. The summed E-state index contributed by atoms with van der Waals surface area (Å²) in [7, 11) is 0. The maximum atomic E-state index is 13.0. The van der Waals surface area contributed by atoms with Crippen molar-refractivity contribution in [2.45, 2.75) is 44.1 Å². The number of anilines is 1. The van der Waals surface area contributed by atoms with Crippen LogP contribution in [0.25, 0.3) is 0 Å². The lowest BCUT2D eigenvalue weighted by Crippen LogP contribution is -2.47. The Labute approximate surface area is 166 Å². The normalized spacial score (nSPS) is 23.4. The van der Waals surface area contributed by atoms with Gasteiger partial charge in [-0.25, -0.2) is 4.39 Å².